The lowest BCUT2D eigenvalue weighted by atomic mass is 9.86. The predicted molar refractivity (Wildman–Crippen MR) is 118 cm³/mol. The Balaban J connectivity index is 1.83. The fourth-order valence-electron chi connectivity index (χ4n) is 3.19. The van der Waals surface area contributed by atoms with E-state index in [1.165, 1.54) is 0 Å². The summed E-state index contributed by atoms with van der Waals surface area (Å²) in [7, 11) is 0. The summed E-state index contributed by atoms with van der Waals surface area (Å²) in [4.78, 5) is 12.7. The normalized spacial score (nSPS) is 13.0. The van der Waals surface area contributed by atoms with Crippen LogP contribution in [0.3, 0.4) is 0 Å². The molecule has 5 heteroatoms. The predicted octanol–water partition coefficient (Wildman–Crippen LogP) is 6.79. The van der Waals surface area contributed by atoms with Crippen molar-refractivity contribution in [3.8, 4) is 0 Å². The SMILES string of the molecule is C[C@@H](NC(=O)c1cccc(Cl)c1)[C@H](Cc1ccc(Cl)cc1)c1ccc(Cl)cc1. The number of halogens is 3. The largest absolute Gasteiger partial charge is 0.349 e. The van der Waals surface area contributed by atoms with Crippen LogP contribution in [0, 0.1) is 0 Å². The molecule has 0 aliphatic rings. The van der Waals surface area contributed by atoms with Gasteiger partial charge in [0.05, 0.1) is 0 Å². The molecule has 2 atom stereocenters. The smallest absolute Gasteiger partial charge is 0.251 e. The van der Waals surface area contributed by atoms with Gasteiger partial charge in [0.25, 0.3) is 5.91 Å². The minimum Gasteiger partial charge on any atom is -0.349 e. The Morgan fingerprint density at radius 3 is 2.07 bits per heavy atom. The molecule has 0 aliphatic carbocycles. The Labute approximate surface area is 180 Å². The first-order valence-corrected chi connectivity index (χ1v) is 10.1. The van der Waals surface area contributed by atoms with Crippen LogP contribution in [0.4, 0.5) is 0 Å². The Hall–Kier alpha value is -2.00. The van der Waals surface area contributed by atoms with Crippen LogP contribution in [0.5, 0.6) is 0 Å². The fourth-order valence-corrected chi connectivity index (χ4v) is 3.63. The third kappa shape index (κ3) is 5.51. The van der Waals surface area contributed by atoms with Gasteiger partial charge in [0.1, 0.15) is 0 Å². The van der Waals surface area contributed by atoms with Gasteiger partial charge in [-0.15, -0.1) is 0 Å². The summed E-state index contributed by atoms with van der Waals surface area (Å²) in [5.41, 5.74) is 2.80. The van der Waals surface area contributed by atoms with E-state index in [-0.39, 0.29) is 17.9 Å². The fraction of sp³-hybridized carbons (Fsp3) is 0.174. The number of hydrogen-bond acceptors (Lipinski definition) is 1. The minimum atomic E-state index is -0.148. The molecule has 2 nitrogen and oxygen atoms in total. The second kappa shape index (κ2) is 9.47. The Bertz CT molecular complexity index is 939. The molecule has 0 bridgehead atoms. The second-order valence-corrected chi connectivity index (χ2v) is 8.07. The molecule has 0 radical (unpaired) electrons. The van der Waals surface area contributed by atoms with Gasteiger partial charge in [0.2, 0.25) is 0 Å². The summed E-state index contributed by atoms with van der Waals surface area (Å²) in [5.74, 6) is -0.0772. The zero-order valence-electron chi connectivity index (χ0n) is 15.3. The highest BCUT2D eigenvalue weighted by molar-refractivity contribution is 6.31. The van der Waals surface area contributed by atoms with Crippen molar-refractivity contribution in [1.82, 2.24) is 5.32 Å². The van der Waals surface area contributed by atoms with Crippen molar-refractivity contribution in [2.45, 2.75) is 25.3 Å². The Kier molecular flexibility index (Phi) is 7.01. The maximum atomic E-state index is 12.7. The van der Waals surface area contributed by atoms with Crippen LogP contribution >= 0.6 is 34.8 Å². The van der Waals surface area contributed by atoms with Gasteiger partial charge in [0, 0.05) is 32.6 Å². The number of hydrogen-bond donors (Lipinski definition) is 1. The molecule has 1 N–H and O–H groups in total. The van der Waals surface area contributed by atoms with Crippen LogP contribution in [0.15, 0.2) is 72.8 Å². The molecule has 144 valence electrons. The average Bonchev–Trinajstić information content (AvgIpc) is 2.68. The van der Waals surface area contributed by atoms with Gasteiger partial charge in [-0.1, -0.05) is 65.1 Å². The monoisotopic (exact) mass is 431 g/mol. The molecule has 3 aromatic rings. The van der Waals surface area contributed by atoms with Gasteiger partial charge in [-0.25, -0.2) is 0 Å². The molecule has 0 unspecified atom stereocenters. The van der Waals surface area contributed by atoms with Gasteiger partial charge in [-0.05, 0) is 66.9 Å². The molecule has 0 saturated heterocycles. The summed E-state index contributed by atoms with van der Waals surface area (Å²) in [5, 5.41) is 5.04. The van der Waals surface area contributed by atoms with E-state index in [2.05, 4.69) is 5.32 Å². The van der Waals surface area contributed by atoms with Crippen LogP contribution in [0.25, 0.3) is 0 Å². The molecular weight excluding hydrogens is 413 g/mol. The van der Waals surface area contributed by atoms with E-state index in [9.17, 15) is 4.79 Å². The van der Waals surface area contributed by atoms with Gasteiger partial charge < -0.3 is 5.32 Å². The van der Waals surface area contributed by atoms with Crippen molar-refractivity contribution in [2.75, 3.05) is 0 Å². The van der Waals surface area contributed by atoms with E-state index >= 15 is 0 Å². The zero-order valence-corrected chi connectivity index (χ0v) is 17.6. The molecule has 28 heavy (non-hydrogen) atoms. The number of amides is 1. The van der Waals surface area contributed by atoms with Gasteiger partial charge in [-0.3, -0.25) is 4.79 Å². The molecule has 0 spiro atoms. The lowest BCUT2D eigenvalue weighted by Gasteiger charge is -2.26. The maximum absolute atomic E-state index is 12.7. The maximum Gasteiger partial charge on any atom is 0.251 e. The van der Waals surface area contributed by atoms with E-state index in [1.807, 2.05) is 55.5 Å². The Morgan fingerprint density at radius 2 is 1.46 bits per heavy atom. The summed E-state index contributed by atoms with van der Waals surface area (Å²) >= 11 is 18.1. The van der Waals surface area contributed by atoms with Crippen LogP contribution in [-0.2, 0) is 6.42 Å². The number of carbonyl (C=O) groups is 1. The number of carbonyl (C=O) groups excluding carboxylic acids is 1. The minimum absolute atomic E-state index is 0.0709. The second-order valence-electron chi connectivity index (χ2n) is 6.76. The number of rotatable bonds is 6. The van der Waals surface area contributed by atoms with Crippen LogP contribution in [0.1, 0.15) is 34.3 Å². The van der Waals surface area contributed by atoms with Crippen molar-refractivity contribution in [2.24, 2.45) is 0 Å². The Morgan fingerprint density at radius 1 is 0.857 bits per heavy atom. The van der Waals surface area contributed by atoms with Crippen molar-refractivity contribution in [3.63, 3.8) is 0 Å². The van der Waals surface area contributed by atoms with Crippen LogP contribution < -0.4 is 5.32 Å². The first kappa shape index (κ1) is 20.7. The van der Waals surface area contributed by atoms with Crippen LogP contribution in [0.2, 0.25) is 15.1 Å². The molecular formula is C23H20Cl3NO. The number of nitrogens with one attached hydrogen (secondary N) is 1. The summed E-state index contributed by atoms with van der Waals surface area (Å²) in [6.45, 7) is 2.01. The van der Waals surface area contributed by atoms with Gasteiger partial charge in [0.15, 0.2) is 0 Å². The van der Waals surface area contributed by atoms with E-state index in [1.54, 1.807) is 24.3 Å². The van der Waals surface area contributed by atoms with Gasteiger partial charge in [-0.2, -0.15) is 0 Å². The van der Waals surface area contributed by atoms with E-state index < -0.39 is 0 Å². The molecule has 0 heterocycles. The van der Waals surface area contributed by atoms with E-state index in [4.69, 9.17) is 34.8 Å². The number of benzene rings is 3. The van der Waals surface area contributed by atoms with Crippen molar-refractivity contribution in [3.05, 3.63) is 105 Å². The van der Waals surface area contributed by atoms with Crippen molar-refractivity contribution >= 4 is 40.7 Å². The van der Waals surface area contributed by atoms with Crippen LogP contribution in [-0.4, -0.2) is 11.9 Å². The molecule has 0 fully saturated rings. The quantitative estimate of drug-likeness (QED) is 0.456. The first-order chi connectivity index (χ1) is 13.4. The first-order valence-electron chi connectivity index (χ1n) is 8.99. The van der Waals surface area contributed by atoms with Crippen molar-refractivity contribution in [1.29, 1.82) is 0 Å². The highest BCUT2D eigenvalue weighted by Gasteiger charge is 2.22. The third-order valence-corrected chi connectivity index (χ3v) is 5.46. The van der Waals surface area contributed by atoms with Gasteiger partial charge >= 0.3 is 0 Å². The lowest BCUT2D eigenvalue weighted by Crippen LogP contribution is -2.37. The molecule has 0 aliphatic heterocycles. The molecule has 1 amide bonds. The highest BCUT2D eigenvalue weighted by atomic mass is 35.5. The zero-order chi connectivity index (χ0) is 20.1. The topological polar surface area (TPSA) is 29.1 Å². The van der Waals surface area contributed by atoms with Crippen molar-refractivity contribution < 1.29 is 4.79 Å². The standard InChI is InChI=1S/C23H20Cl3NO/c1-15(27-23(28)18-3-2-4-21(26)14-18)22(17-7-11-20(25)12-8-17)13-16-5-9-19(24)10-6-16/h2-12,14-15,22H,13H2,1H3,(H,27,28)/t15-,22+/m1/s1. The lowest BCUT2D eigenvalue weighted by molar-refractivity contribution is 0.0934. The molecule has 0 aromatic heterocycles. The summed E-state index contributed by atoms with van der Waals surface area (Å²) in [6.07, 6.45) is 0.760. The average molecular weight is 433 g/mol. The van der Waals surface area contributed by atoms with E-state index in [0.29, 0.717) is 20.6 Å². The third-order valence-electron chi connectivity index (χ3n) is 4.72. The summed E-state index contributed by atoms with van der Waals surface area (Å²) in [6, 6.07) is 22.4. The molecule has 0 saturated carbocycles. The highest BCUT2D eigenvalue weighted by Crippen LogP contribution is 2.27. The molecule has 3 rings (SSSR count). The summed E-state index contributed by atoms with van der Waals surface area (Å²) < 4.78 is 0. The molecule has 3 aromatic carbocycles. The van der Waals surface area contributed by atoms with E-state index in [0.717, 1.165) is 17.5 Å².